The molecule has 0 aromatic heterocycles. The van der Waals surface area contributed by atoms with Crippen LogP contribution in [0.15, 0.2) is 78.2 Å². The highest BCUT2D eigenvalue weighted by molar-refractivity contribution is 6.00. The fraction of sp³-hybridized carbons (Fsp3) is 0.400. The van der Waals surface area contributed by atoms with E-state index in [0.29, 0.717) is 11.8 Å². The summed E-state index contributed by atoms with van der Waals surface area (Å²) in [5, 5.41) is 0. The summed E-state index contributed by atoms with van der Waals surface area (Å²) in [5.41, 5.74) is 16.9. The lowest BCUT2D eigenvalue weighted by Crippen LogP contribution is -2.51. The zero-order valence-corrected chi connectivity index (χ0v) is 17.8. The molecule has 29 heavy (non-hydrogen) atoms. The molecule has 1 aromatic carbocycles. The van der Waals surface area contributed by atoms with E-state index in [9.17, 15) is 0 Å². The second-order valence-electron chi connectivity index (χ2n) is 9.53. The minimum atomic E-state index is 0.279. The first kappa shape index (κ1) is 19.7. The SMILES string of the molecule is C[N+](C)(C)CCC[N+]1=C(c2ccccc2)C2C=C(N)C=CC2C2C=CC(N)=CC21. The number of nitrogens with zero attached hydrogens (tertiary/aromatic N) is 2. The summed E-state index contributed by atoms with van der Waals surface area (Å²) >= 11 is 0. The lowest BCUT2D eigenvalue weighted by molar-refractivity contribution is -0.871. The average Bonchev–Trinajstić information content (AvgIpc) is 2.67. The number of fused-ring (bicyclic) bond motifs is 3. The van der Waals surface area contributed by atoms with Crippen molar-refractivity contribution < 1.29 is 9.06 Å². The zero-order chi connectivity index (χ0) is 20.6. The molecule has 0 saturated heterocycles. The van der Waals surface area contributed by atoms with Gasteiger partial charge in [0.2, 0.25) is 0 Å². The third-order valence-corrected chi connectivity index (χ3v) is 6.29. The number of nitrogens with two attached hydrogens (primary N) is 2. The quantitative estimate of drug-likeness (QED) is 0.600. The van der Waals surface area contributed by atoms with Crippen LogP contribution in [0.4, 0.5) is 0 Å². The van der Waals surface area contributed by atoms with Crippen LogP contribution in [0.5, 0.6) is 0 Å². The highest BCUT2D eigenvalue weighted by atomic mass is 15.3. The van der Waals surface area contributed by atoms with Crippen molar-refractivity contribution in [2.24, 2.45) is 29.2 Å². The summed E-state index contributed by atoms with van der Waals surface area (Å²) in [6, 6.07) is 11.1. The van der Waals surface area contributed by atoms with Crippen molar-refractivity contribution in [2.75, 3.05) is 34.2 Å². The van der Waals surface area contributed by atoms with Crippen molar-refractivity contribution in [3.8, 4) is 0 Å². The van der Waals surface area contributed by atoms with Crippen molar-refractivity contribution in [2.45, 2.75) is 12.5 Å². The molecule has 1 aromatic rings. The van der Waals surface area contributed by atoms with Gasteiger partial charge in [-0.15, -0.1) is 0 Å². The lowest BCUT2D eigenvalue weighted by Gasteiger charge is -2.40. The molecule has 3 aliphatic rings. The van der Waals surface area contributed by atoms with Gasteiger partial charge in [0.05, 0.1) is 45.9 Å². The average molecular weight is 391 g/mol. The van der Waals surface area contributed by atoms with E-state index < -0.39 is 0 Å². The number of quaternary nitrogens is 1. The van der Waals surface area contributed by atoms with Crippen LogP contribution in [0.2, 0.25) is 0 Å². The first-order chi connectivity index (χ1) is 13.8. The molecule has 0 bridgehead atoms. The van der Waals surface area contributed by atoms with Crippen LogP contribution < -0.4 is 11.5 Å². The number of rotatable bonds is 5. The van der Waals surface area contributed by atoms with Crippen molar-refractivity contribution in [1.29, 1.82) is 0 Å². The van der Waals surface area contributed by atoms with E-state index in [4.69, 9.17) is 11.5 Å². The van der Waals surface area contributed by atoms with E-state index in [0.717, 1.165) is 35.4 Å². The van der Waals surface area contributed by atoms with Crippen molar-refractivity contribution in [1.82, 2.24) is 0 Å². The van der Waals surface area contributed by atoms with E-state index in [1.54, 1.807) is 0 Å². The van der Waals surface area contributed by atoms with Crippen LogP contribution in [0, 0.1) is 17.8 Å². The maximum atomic E-state index is 6.26. The van der Waals surface area contributed by atoms with Crippen LogP contribution >= 0.6 is 0 Å². The lowest BCUT2D eigenvalue weighted by atomic mass is 9.68. The summed E-state index contributed by atoms with van der Waals surface area (Å²) in [7, 11) is 6.77. The molecular weight excluding hydrogens is 356 g/mol. The van der Waals surface area contributed by atoms with Crippen LogP contribution in [0.25, 0.3) is 0 Å². The molecule has 4 heteroatoms. The molecule has 0 amide bonds. The molecule has 4 unspecified atom stereocenters. The fourth-order valence-electron chi connectivity index (χ4n) is 5.00. The second-order valence-corrected chi connectivity index (χ2v) is 9.53. The Morgan fingerprint density at radius 3 is 2.24 bits per heavy atom. The molecule has 4 nitrogen and oxygen atoms in total. The first-order valence-electron chi connectivity index (χ1n) is 10.6. The molecule has 0 fully saturated rings. The highest BCUT2D eigenvalue weighted by Gasteiger charge is 2.48. The summed E-state index contributed by atoms with van der Waals surface area (Å²) in [6.07, 6.45) is 14.4. The molecule has 4 rings (SSSR count). The van der Waals surface area contributed by atoms with Gasteiger partial charge in [-0.3, -0.25) is 0 Å². The topological polar surface area (TPSA) is 55.0 Å². The Bertz CT molecular complexity index is 912. The zero-order valence-electron chi connectivity index (χ0n) is 17.8. The number of hydrogen-bond acceptors (Lipinski definition) is 2. The third-order valence-electron chi connectivity index (χ3n) is 6.29. The summed E-state index contributed by atoms with van der Waals surface area (Å²) < 4.78 is 3.58. The summed E-state index contributed by atoms with van der Waals surface area (Å²) in [5.74, 6) is 1.09. The van der Waals surface area contributed by atoms with Crippen molar-refractivity contribution >= 4 is 5.71 Å². The molecule has 2 aliphatic carbocycles. The molecule has 152 valence electrons. The van der Waals surface area contributed by atoms with Gasteiger partial charge in [-0.25, -0.2) is 4.58 Å². The monoisotopic (exact) mass is 390 g/mol. The molecule has 1 aliphatic heterocycles. The Balaban J connectivity index is 1.84. The Labute approximate surface area is 174 Å². The molecule has 1 heterocycles. The van der Waals surface area contributed by atoms with Gasteiger partial charge in [-0.05, 0) is 30.4 Å². The van der Waals surface area contributed by atoms with E-state index >= 15 is 0 Å². The molecule has 4 atom stereocenters. The second kappa shape index (κ2) is 7.68. The van der Waals surface area contributed by atoms with Crippen molar-refractivity contribution in [3.05, 3.63) is 83.7 Å². The van der Waals surface area contributed by atoms with Crippen molar-refractivity contribution in [3.63, 3.8) is 0 Å². The first-order valence-corrected chi connectivity index (χ1v) is 10.6. The number of benzene rings is 1. The maximum Gasteiger partial charge on any atom is 0.191 e. The maximum absolute atomic E-state index is 6.26. The molecule has 0 radical (unpaired) electrons. The van der Waals surface area contributed by atoms with Crippen LogP contribution in [0.3, 0.4) is 0 Å². The smallest absolute Gasteiger partial charge is 0.191 e. The van der Waals surface area contributed by atoms with E-state index in [2.05, 4.69) is 92.5 Å². The van der Waals surface area contributed by atoms with Crippen LogP contribution in [0.1, 0.15) is 12.0 Å². The Morgan fingerprint density at radius 2 is 1.55 bits per heavy atom. The fourth-order valence-corrected chi connectivity index (χ4v) is 5.00. The third kappa shape index (κ3) is 4.08. The summed E-state index contributed by atoms with van der Waals surface area (Å²) in [4.78, 5) is 0. The molecule has 4 N–H and O–H groups in total. The number of allylic oxidation sites excluding steroid dienone is 4. The molecular formula is C25H34N4+2. The number of hydrogen-bond donors (Lipinski definition) is 2. The predicted molar refractivity (Wildman–Crippen MR) is 120 cm³/mol. The predicted octanol–water partition coefficient (Wildman–Crippen LogP) is 2.64. The standard InChI is InChI=1S/C25H34N4/c1-29(2,3)15-7-14-28-24-17-20(27)11-13-22(24)21-12-10-19(26)16-23(21)25(28)18-8-5-4-6-9-18/h4-6,8-13,16-17,21-24H,7,14-15,26-27H2,1-3H3/q+2. The van der Waals surface area contributed by atoms with Crippen LogP contribution in [-0.4, -0.2) is 55.0 Å². The minimum absolute atomic E-state index is 0.279. The van der Waals surface area contributed by atoms with E-state index in [-0.39, 0.29) is 12.0 Å². The van der Waals surface area contributed by atoms with Gasteiger partial charge in [0.25, 0.3) is 0 Å². The van der Waals surface area contributed by atoms with Crippen LogP contribution in [-0.2, 0) is 0 Å². The summed E-state index contributed by atoms with van der Waals surface area (Å²) in [6.45, 7) is 2.15. The van der Waals surface area contributed by atoms with E-state index in [1.165, 1.54) is 11.3 Å². The Kier molecular flexibility index (Phi) is 5.22. The van der Waals surface area contributed by atoms with Gasteiger partial charge in [0.15, 0.2) is 11.8 Å². The van der Waals surface area contributed by atoms with Gasteiger partial charge >= 0.3 is 0 Å². The minimum Gasteiger partial charge on any atom is -0.399 e. The highest BCUT2D eigenvalue weighted by Crippen LogP contribution is 2.40. The van der Waals surface area contributed by atoms with Gasteiger partial charge in [-0.2, -0.15) is 0 Å². The van der Waals surface area contributed by atoms with E-state index in [1.807, 2.05) is 0 Å². The Morgan fingerprint density at radius 1 is 0.897 bits per heavy atom. The molecule has 0 saturated carbocycles. The largest absolute Gasteiger partial charge is 0.399 e. The van der Waals surface area contributed by atoms with Gasteiger partial charge < -0.3 is 16.0 Å². The molecule has 0 spiro atoms. The van der Waals surface area contributed by atoms with Gasteiger partial charge in [-0.1, -0.05) is 30.4 Å². The Hall–Kier alpha value is -2.59. The normalized spacial score (nSPS) is 28.5. The van der Waals surface area contributed by atoms with Gasteiger partial charge in [0.1, 0.15) is 6.54 Å². The van der Waals surface area contributed by atoms with Gasteiger partial charge in [0, 0.05) is 29.0 Å².